The number of aryl methyl sites for hydroxylation is 1. The van der Waals surface area contributed by atoms with Crippen molar-refractivity contribution in [1.82, 2.24) is 4.57 Å². The van der Waals surface area contributed by atoms with E-state index in [1.807, 2.05) is 22.9 Å². The minimum absolute atomic E-state index is 0.901. The van der Waals surface area contributed by atoms with Crippen molar-refractivity contribution in [3.8, 4) is 0 Å². The Bertz CT molecular complexity index is 367. The molecule has 1 aromatic heterocycles. The standard InChI is InChI=1S/C12H18N2O2/c1-13(2)8-4-10-14-9-3-5-11(14)6-7-12(15)16/h3,5-7,9H,4,8,10H2,1-2H3,(H,15,16)/b7-6+. The van der Waals surface area contributed by atoms with Crippen LogP contribution in [0.1, 0.15) is 12.1 Å². The quantitative estimate of drug-likeness (QED) is 0.614. The molecule has 1 heterocycles. The molecule has 16 heavy (non-hydrogen) atoms. The maximum atomic E-state index is 10.3. The molecule has 0 amide bonds. The summed E-state index contributed by atoms with van der Waals surface area (Å²) in [6.07, 6.45) is 5.66. The fourth-order valence-electron chi connectivity index (χ4n) is 1.54. The van der Waals surface area contributed by atoms with Crippen LogP contribution in [0.2, 0.25) is 0 Å². The molecular formula is C12H18N2O2. The van der Waals surface area contributed by atoms with E-state index in [1.165, 1.54) is 4.90 Å². The summed E-state index contributed by atoms with van der Waals surface area (Å²) in [7, 11) is 4.24. The highest BCUT2D eigenvalue weighted by atomic mass is 16.4. The van der Waals surface area contributed by atoms with Crippen LogP contribution in [0.25, 0.3) is 6.08 Å². The Labute approximate surface area is 95.8 Å². The molecule has 0 aromatic carbocycles. The van der Waals surface area contributed by atoms with Crippen molar-refractivity contribution in [1.29, 1.82) is 0 Å². The predicted molar refractivity (Wildman–Crippen MR) is 60.8 cm³/mol. The molecule has 0 radical (unpaired) electrons. The van der Waals surface area contributed by atoms with Crippen molar-refractivity contribution in [2.24, 2.45) is 0 Å². The lowest BCUT2D eigenvalue weighted by molar-refractivity contribution is -0.858. The molecule has 0 fully saturated rings. The van der Waals surface area contributed by atoms with Gasteiger partial charge in [0.1, 0.15) is 0 Å². The van der Waals surface area contributed by atoms with E-state index in [-0.39, 0.29) is 0 Å². The number of carboxylic acid groups (broad SMARTS) is 1. The van der Waals surface area contributed by atoms with Gasteiger partial charge in [-0.25, -0.2) is 0 Å². The average molecular weight is 222 g/mol. The SMILES string of the molecule is C[NH+](C)CCCn1cccc1/C=C/C(=O)[O-]. The highest BCUT2D eigenvalue weighted by molar-refractivity contribution is 5.83. The molecule has 0 spiro atoms. The Kier molecular flexibility index (Phi) is 4.79. The van der Waals surface area contributed by atoms with Gasteiger partial charge in [-0.15, -0.1) is 0 Å². The zero-order chi connectivity index (χ0) is 12.0. The van der Waals surface area contributed by atoms with Crippen LogP contribution in [-0.4, -0.2) is 31.2 Å². The van der Waals surface area contributed by atoms with Gasteiger partial charge in [0.15, 0.2) is 0 Å². The molecule has 0 unspecified atom stereocenters. The molecular weight excluding hydrogens is 204 g/mol. The normalized spacial score (nSPS) is 11.4. The summed E-state index contributed by atoms with van der Waals surface area (Å²) in [5.41, 5.74) is 0.901. The Morgan fingerprint density at radius 3 is 2.94 bits per heavy atom. The van der Waals surface area contributed by atoms with Gasteiger partial charge < -0.3 is 19.4 Å². The number of nitrogens with zero attached hydrogens (tertiary/aromatic N) is 1. The average Bonchev–Trinajstić information content (AvgIpc) is 2.62. The Balaban J connectivity index is 2.53. The Morgan fingerprint density at radius 2 is 2.31 bits per heavy atom. The summed E-state index contributed by atoms with van der Waals surface area (Å²) < 4.78 is 2.04. The molecule has 4 heteroatoms. The number of hydrogen-bond donors (Lipinski definition) is 1. The van der Waals surface area contributed by atoms with Gasteiger partial charge in [0.25, 0.3) is 0 Å². The maximum absolute atomic E-state index is 10.3. The number of aliphatic carboxylic acids is 1. The van der Waals surface area contributed by atoms with Crippen molar-refractivity contribution in [3.05, 3.63) is 30.1 Å². The Hall–Kier alpha value is -1.55. The Morgan fingerprint density at radius 1 is 1.56 bits per heavy atom. The van der Waals surface area contributed by atoms with Crippen molar-refractivity contribution >= 4 is 12.0 Å². The second-order valence-corrected chi connectivity index (χ2v) is 4.09. The second kappa shape index (κ2) is 6.12. The minimum atomic E-state index is -1.16. The van der Waals surface area contributed by atoms with E-state index >= 15 is 0 Å². The van der Waals surface area contributed by atoms with Gasteiger partial charge in [-0.2, -0.15) is 0 Å². The van der Waals surface area contributed by atoms with Crippen LogP contribution in [0.5, 0.6) is 0 Å². The first-order valence-electron chi connectivity index (χ1n) is 5.43. The number of carboxylic acids is 1. The largest absolute Gasteiger partial charge is 0.545 e. The summed E-state index contributed by atoms with van der Waals surface area (Å²) in [6, 6.07) is 3.80. The van der Waals surface area contributed by atoms with Crippen LogP contribution in [0.4, 0.5) is 0 Å². The van der Waals surface area contributed by atoms with Crippen molar-refractivity contribution in [2.45, 2.75) is 13.0 Å². The summed E-state index contributed by atoms with van der Waals surface area (Å²) in [5.74, 6) is -1.16. The lowest BCUT2D eigenvalue weighted by Crippen LogP contribution is -3.05. The highest BCUT2D eigenvalue weighted by Gasteiger charge is 1.98. The zero-order valence-corrected chi connectivity index (χ0v) is 9.77. The predicted octanol–water partition coefficient (Wildman–Crippen LogP) is -1.21. The third kappa shape index (κ3) is 4.31. The smallest absolute Gasteiger partial charge is 0.0784 e. The maximum Gasteiger partial charge on any atom is 0.0784 e. The van der Waals surface area contributed by atoms with Crippen LogP contribution in [-0.2, 0) is 11.3 Å². The van der Waals surface area contributed by atoms with Crippen LogP contribution in [0.3, 0.4) is 0 Å². The molecule has 88 valence electrons. The van der Waals surface area contributed by atoms with E-state index < -0.39 is 5.97 Å². The van der Waals surface area contributed by atoms with E-state index in [1.54, 1.807) is 6.08 Å². The number of nitrogens with one attached hydrogen (secondary N) is 1. The van der Waals surface area contributed by atoms with E-state index in [0.717, 1.165) is 31.3 Å². The first kappa shape index (κ1) is 12.5. The molecule has 0 saturated carbocycles. The molecule has 0 aliphatic rings. The molecule has 1 rings (SSSR count). The summed E-state index contributed by atoms with van der Waals surface area (Å²) in [4.78, 5) is 11.7. The van der Waals surface area contributed by atoms with E-state index in [0.29, 0.717) is 0 Å². The van der Waals surface area contributed by atoms with Gasteiger partial charge in [-0.3, -0.25) is 0 Å². The summed E-state index contributed by atoms with van der Waals surface area (Å²) >= 11 is 0. The van der Waals surface area contributed by atoms with Crippen LogP contribution >= 0.6 is 0 Å². The topological polar surface area (TPSA) is 49.5 Å². The van der Waals surface area contributed by atoms with Crippen LogP contribution in [0, 0.1) is 0 Å². The van der Waals surface area contributed by atoms with Gasteiger partial charge in [0.2, 0.25) is 0 Å². The first-order valence-corrected chi connectivity index (χ1v) is 5.43. The molecule has 1 N–H and O–H groups in total. The first-order chi connectivity index (χ1) is 7.59. The van der Waals surface area contributed by atoms with E-state index in [2.05, 4.69) is 14.1 Å². The third-order valence-corrected chi connectivity index (χ3v) is 2.33. The van der Waals surface area contributed by atoms with Gasteiger partial charge in [-0.05, 0) is 24.3 Å². The number of carbonyl (C=O) groups excluding carboxylic acids is 1. The minimum Gasteiger partial charge on any atom is -0.545 e. The molecule has 4 nitrogen and oxygen atoms in total. The molecule has 0 saturated heterocycles. The van der Waals surface area contributed by atoms with E-state index in [9.17, 15) is 9.90 Å². The molecule has 0 aliphatic heterocycles. The second-order valence-electron chi connectivity index (χ2n) is 4.09. The third-order valence-electron chi connectivity index (χ3n) is 2.33. The van der Waals surface area contributed by atoms with Crippen molar-refractivity contribution in [2.75, 3.05) is 20.6 Å². The lowest BCUT2D eigenvalue weighted by Gasteiger charge is -2.09. The lowest BCUT2D eigenvalue weighted by atomic mass is 10.3. The summed E-state index contributed by atoms with van der Waals surface area (Å²) in [6.45, 7) is 2.01. The van der Waals surface area contributed by atoms with Gasteiger partial charge >= 0.3 is 0 Å². The monoisotopic (exact) mass is 222 g/mol. The number of rotatable bonds is 6. The number of hydrogen-bond acceptors (Lipinski definition) is 2. The number of quaternary nitrogens is 1. The number of carbonyl (C=O) groups is 1. The highest BCUT2D eigenvalue weighted by Crippen LogP contribution is 2.05. The van der Waals surface area contributed by atoms with Gasteiger partial charge in [0, 0.05) is 24.9 Å². The van der Waals surface area contributed by atoms with Crippen LogP contribution < -0.4 is 10.0 Å². The van der Waals surface area contributed by atoms with Gasteiger partial charge in [0.05, 0.1) is 26.6 Å². The molecule has 0 atom stereocenters. The van der Waals surface area contributed by atoms with Crippen molar-refractivity contribution < 1.29 is 14.8 Å². The zero-order valence-electron chi connectivity index (χ0n) is 9.77. The molecule has 1 aromatic rings. The van der Waals surface area contributed by atoms with Crippen LogP contribution in [0.15, 0.2) is 24.4 Å². The van der Waals surface area contributed by atoms with Gasteiger partial charge in [-0.1, -0.05) is 0 Å². The molecule has 0 bridgehead atoms. The number of aromatic nitrogens is 1. The fourth-order valence-corrected chi connectivity index (χ4v) is 1.54. The van der Waals surface area contributed by atoms with Crippen molar-refractivity contribution in [3.63, 3.8) is 0 Å². The summed E-state index contributed by atoms with van der Waals surface area (Å²) in [5, 5.41) is 10.3. The molecule has 0 aliphatic carbocycles. The van der Waals surface area contributed by atoms with E-state index in [4.69, 9.17) is 0 Å². The fraction of sp³-hybridized carbons (Fsp3) is 0.417.